The van der Waals surface area contributed by atoms with Gasteiger partial charge in [0.25, 0.3) is 0 Å². The van der Waals surface area contributed by atoms with Crippen LogP contribution in [0.25, 0.3) is 0 Å². The molecule has 1 rings (SSSR count). The van der Waals surface area contributed by atoms with E-state index in [2.05, 4.69) is 29.8 Å². The second-order valence-corrected chi connectivity index (χ2v) is 5.14. The Labute approximate surface area is 120 Å². The summed E-state index contributed by atoms with van der Waals surface area (Å²) in [7, 11) is 0. The number of amides is 2. The summed E-state index contributed by atoms with van der Waals surface area (Å²) in [5, 5.41) is 8.69. The quantitative estimate of drug-likeness (QED) is 0.707. The van der Waals surface area contributed by atoms with Gasteiger partial charge in [0.15, 0.2) is 0 Å². The summed E-state index contributed by atoms with van der Waals surface area (Å²) in [5.41, 5.74) is 1.73. The molecule has 0 aromatic heterocycles. The molecule has 0 radical (unpaired) electrons. The first-order valence-corrected chi connectivity index (χ1v) is 6.82. The number of nitrogens with one attached hydrogen (secondary N) is 3. The molecule has 0 saturated heterocycles. The highest BCUT2D eigenvalue weighted by molar-refractivity contribution is 5.89. The monoisotopic (exact) mass is 277 g/mol. The van der Waals surface area contributed by atoms with Crippen LogP contribution in [0.15, 0.2) is 24.3 Å². The summed E-state index contributed by atoms with van der Waals surface area (Å²) in [5.74, 6) is 0.322. The zero-order valence-electron chi connectivity index (χ0n) is 12.3. The van der Waals surface area contributed by atoms with Gasteiger partial charge in [-0.3, -0.25) is 9.59 Å². The van der Waals surface area contributed by atoms with Gasteiger partial charge in [-0.15, -0.1) is 0 Å². The molecule has 5 heteroatoms. The van der Waals surface area contributed by atoms with Crippen LogP contribution in [0.4, 0.5) is 5.69 Å². The van der Waals surface area contributed by atoms with Crippen molar-refractivity contribution >= 4 is 17.5 Å². The fourth-order valence-corrected chi connectivity index (χ4v) is 1.68. The highest BCUT2D eigenvalue weighted by Crippen LogP contribution is 2.14. The van der Waals surface area contributed by atoms with E-state index in [0.717, 1.165) is 11.3 Å². The fraction of sp³-hybridized carbons (Fsp3) is 0.467. The minimum atomic E-state index is -0.105. The van der Waals surface area contributed by atoms with Crippen molar-refractivity contribution in [1.82, 2.24) is 10.6 Å². The van der Waals surface area contributed by atoms with E-state index in [-0.39, 0.29) is 18.4 Å². The third-order valence-electron chi connectivity index (χ3n) is 2.64. The molecule has 0 spiro atoms. The Bertz CT molecular complexity index is 458. The first kappa shape index (κ1) is 16.2. The van der Waals surface area contributed by atoms with E-state index in [1.807, 2.05) is 24.3 Å². The molecule has 110 valence electrons. The first-order chi connectivity index (χ1) is 9.49. The molecule has 0 atom stereocenters. The van der Waals surface area contributed by atoms with E-state index in [1.54, 1.807) is 0 Å². The Kier molecular flexibility index (Phi) is 6.73. The topological polar surface area (TPSA) is 70.2 Å². The average molecular weight is 277 g/mol. The Morgan fingerprint density at radius 2 is 1.90 bits per heavy atom. The molecule has 0 fully saturated rings. The lowest BCUT2D eigenvalue weighted by Gasteiger charge is -2.11. The van der Waals surface area contributed by atoms with Crippen molar-refractivity contribution < 1.29 is 9.59 Å². The zero-order valence-corrected chi connectivity index (χ0v) is 12.3. The van der Waals surface area contributed by atoms with Crippen molar-refractivity contribution in [2.24, 2.45) is 5.92 Å². The minimum absolute atomic E-state index is 0.0179. The largest absolute Gasteiger partial charge is 0.355 e. The smallest absolute Gasteiger partial charge is 0.233 e. The molecule has 2 amide bonds. The maximum absolute atomic E-state index is 11.6. The van der Waals surface area contributed by atoms with Crippen molar-refractivity contribution in [3.8, 4) is 0 Å². The number of benzene rings is 1. The van der Waals surface area contributed by atoms with Crippen molar-refractivity contribution in [3.05, 3.63) is 29.8 Å². The van der Waals surface area contributed by atoms with Crippen molar-refractivity contribution in [3.63, 3.8) is 0 Å². The molecule has 0 aliphatic carbocycles. The summed E-state index contributed by atoms with van der Waals surface area (Å²) in [6.45, 7) is 7.06. The number of hydrogen-bond donors (Lipinski definition) is 3. The molecule has 0 heterocycles. The van der Waals surface area contributed by atoms with Gasteiger partial charge in [-0.05, 0) is 17.5 Å². The van der Waals surface area contributed by atoms with Gasteiger partial charge >= 0.3 is 0 Å². The van der Waals surface area contributed by atoms with E-state index < -0.39 is 0 Å². The summed E-state index contributed by atoms with van der Waals surface area (Å²) in [6, 6.07) is 7.53. The first-order valence-electron chi connectivity index (χ1n) is 6.82. The van der Waals surface area contributed by atoms with Gasteiger partial charge in [-0.25, -0.2) is 0 Å². The van der Waals surface area contributed by atoms with Gasteiger partial charge in [0.2, 0.25) is 11.8 Å². The number of hydrogen-bond acceptors (Lipinski definition) is 3. The molecule has 0 aliphatic rings. The molecule has 1 aromatic carbocycles. The van der Waals surface area contributed by atoms with E-state index >= 15 is 0 Å². The summed E-state index contributed by atoms with van der Waals surface area (Å²) >= 11 is 0. The van der Waals surface area contributed by atoms with E-state index in [4.69, 9.17) is 0 Å². The Balaban J connectivity index is 2.42. The van der Waals surface area contributed by atoms with E-state index in [0.29, 0.717) is 19.0 Å². The molecule has 0 saturated carbocycles. The van der Waals surface area contributed by atoms with Crippen LogP contribution in [0, 0.1) is 5.92 Å². The molecule has 0 aliphatic heterocycles. The van der Waals surface area contributed by atoms with Gasteiger partial charge in [-0.1, -0.05) is 32.0 Å². The van der Waals surface area contributed by atoms with Crippen LogP contribution in [0.5, 0.6) is 0 Å². The molecule has 0 bridgehead atoms. The SMILES string of the molecule is CC(=O)Nc1ccccc1CNCC(=O)NCC(C)C. The van der Waals surface area contributed by atoms with Crippen LogP contribution in [0.1, 0.15) is 26.3 Å². The predicted octanol–water partition coefficient (Wildman–Crippen LogP) is 1.51. The van der Waals surface area contributed by atoms with E-state index in [9.17, 15) is 9.59 Å². The fourth-order valence-electron chi connectivity index (χ4n) is 1.68. The molecule has 20 heavy (non-hydrogen) atoms. The third kappa shape index (κ3) is 6.33. The van der Waals surface area contributed by atoms with Crippen molar-refractivity contribution in [2.45, 2.75) is 27.3 Å². The van der Waals surface area contributed by atoms with Gasteiger partial charge in [0, 0.05) is 25.7 Å². The summed E-state index contributed by atoms with van der Waals surface area (Å²) in [6.07, 6.45) is 0. The maximum Gasteiger partial charge on any atom is 0.233 e. The molecular weight excluding hydrogens is 254 g/mol. The van der Waals surface area contributed by atoms with Crippen molar-refractivity contribution in [2.75, 3.05) is 18.4 Å². The summed E-state index contributed by atoms with van der Waals surface area (Å²) in [4.78, 5) is 22.7. The van der Waals surface area contributed by atoms with E-state index in [1.165, 1.54) is 6.92 Å². The molecule has 3 N–H and O–H groups in total. The Hall–Kier alpha value is -1.88. The zero-order chi connectivity index (χ0) is 15.0. The molecule has 1 aromatic rings. The Morgan fingerprint density at radius 1 is 1.20 bits per heavy atom. The molecule has 0 unspecified atom stereocenters. The van der Waals surface area contributed by atoms with Crippen LogP contribution in [0.2, 0.25) is 0 Å². The lowest BCUT2D eigenvalue weighted by atomic mass is 10.1. The van der Waals surface area contributed by atoms with Crippen molar-refractivity contribution in [1.29, 1.82) is 0 Å². The number of rotatable bonds is 7. The second kappa shape index (κ2) is 8.32. The standard InChI is InChI=1S/C15H23N3O2/c1-11(2)8-17-15(20)10-16-9-13-6-4-5-7-14(13)18-12(3)19/h4-7,11,16H,8-10H2,1-3H3,(H,17,20)(H,18,19). The highest BCUT2D eigenvalue weighted by atomic mass is 16.2. The van der Waals surface area contributed by atoms with Crippen LogP contribution < -0.4 is 16.0 Å². The van der Waals surface area contributed by atoms with Gasteiger partial charge in [-0.2, -0.15) is 0 Å². The third-order valence-corrected chi connectivity index (χ3v) is 2.64. The van der Waals surface area contributed by atoms with Gasteiger partial charge in [0.05, 0.1) is 6.54 Å². The molecule has 5 nitrogen and oxygen atoms in total. The molecular formula is C15H23N3O2. The van der Waals surface area contributed by atoms with Crippen LogP contribution in [0.3, 0.4) is 0 Å². The predicted molar refractivity (Wildman–Crippen MR) is 80.3 cm³/mol. The summed E-state index contributed by atoms with van der Waals surface area (Å²) < 4.78 is 0. The average Bonchev–Trinajstić information content (AvgIpc) is 2.38. The van der Waals surface area contributed by atoms with Crippen LogP contribution >= 0.6 is 0 Å². The highest BCUT2D eigenvalue weighted by Gasteiger charge is 2.05. The number of carbonyl (C=O) groups is 2. The lowest BCUT2D eigenvalue weighted by molar-refractivity contribution is -0.120. The minimum Gasteiger partial charge on any atom is -0.355 e. The number of carbonyl (C=O) groups excluding carboxylic acids is 2. The normalized spacial score (nSPS) is 10.4. The number of anilines is 1. The maximum atomic E-state index is 11.6. The van der Waals surface area contributed by atoms with Gasteiger partial charge in [0.1, 0.15) is 0 Å². The second-order valence-electron chi connectivity index (χ2n) is 5.14. The Morgan fingerprint density at radius 3 is 2.55 bits per heavy atom. The van der Waals surface area contributed by atoms with Gasteiger partial charge < -0.3 is 16.0 Å². The van der Waals surface area contributed by atoms with Crippen LogP contribution in [-0.2, 0) is 16.1 Å². The van der Waals surface area contributed by atoms with Crippen LogP contribution in [-0.4, -0.2) is 24.9 Å². The lowest BCUT2D eigenvalue weighted by Crippen LogP contribution is -2.35. The number of para-hydroxylation sites is 1.